The van der Waals surface area contributed by atoms with E-state index in [1.807, 2.05) is 36.4 Å². The number of carbonyl (C=O) groups excluding carboxylic acids is 6. The van der Waals surface area contributed by atoms with Gasteiger partial charge < -0.3 is 99.7 Å². The molecule has 132 heavy (non-hydrogen) atoms. The zero-order valence-corrected chi connectivity index (χ0v) is 77.8. The molecule has 3 fully saturated rings. The minimum absolute atomic E-state index is 0.0720. The van der Waals surface area contributed by atoms with Crippen LogP contribution in [0, 0.1) is 13.8 Å². The molecule has 0 spiro atoms. The van der Waals surface area contributed by atoms with Gasteiger partial charge in [-0.05, 0) is 217 Å². The van der Waals surface area contributed by atoms with Crippen molar-refractivity contribution >= 4 is 160 Å². The van der Waals surface area contributed by atoms with Gasteiger partial charge in [0.1, 0.15) is 29.3 Å². The Labute approximate surface area is 785 Å². The molecule has 4 aliphatic rings. The third-order valence-corrected chi connectivity index (χ3v) is 24.6. The number of nitrogens with zero attached hydrogens (tertiary/aromatic N) is 9. The second kappa shape index (κ2) is 45.6. The Bertz CT molecular complexity index is 5980. The van der Waals surface area contributed by atoms with Crippen molar-refractivity contribution in [3.05, 3.63) is 294 Å². The summed E-state index contributed by atoms with van der Waals surface area (Å²) in [5.74, 6) is 1.70. The highest BCUT2D eigenvalue weighted by Crippen LogP contribution is 2.44. The Morgan fingerprint density at radius 3 is 1.42 bits per heavy atom. The second-order valence-electron chi connectivity index (χ2n) is 31.7. The largest absolute Gasteiger partial charge is 0.494 e. The monoisotopic (exact) mass is 1860 g/mol. The number of piperidine rings is 1. The number of fused-ring (bicyclic) bond motifs is 1. The molecular formula is C99H105Cl2N17O12S2. The van der Waals surface area contributed by atoms with Gasteiger partial charge in [0.2, 0.25) is 39.5 Å². The van der Waals surface area contributed by atoms with Crippen molar-refractivity contribution in [2.45, 2.75) is 45.6 Å². The van der Waals surface area contributed by atoms with Crippen LogP contribution in [0.5, 0.6) is 33.1 Å². The van der Waals surface area contributed by atoms with Crippen LogP contribution in [-0.2, 0) is 32.1 Å². The van der Waals surface area contributed by atoms with E-state index in [4.69, 9.17) is 51.0 Å². The lowest BCUT2D eigenvalue weighted by Gasteiger charge is -2.34. The van der Waals surface area contributed by atoms with Gasteiger partial charge in [-0.25, -0.2) is 15.0 Å². The fraction of sp³-hybridized carbons (Fsp3) is 0.242. The number of anilines is 14. The van der Waals surface area contributed by atoms with Crippen molar-refractivity contribution in [1.29, 1.82) is 0 Å². The summed E-state index contributed by atoms with van der Waals surface area (Å²) in [7, 11) is 11.8. The lowest BCUT2D eigenvalue weighted by Crippen LogP contribution is -2.44. The number of ketones is 2. The molecule has 8 heterocycles. The number of benzene rings is 8. The van der Waals surface area contributed by atoms with Crippen LogP contribution in [0.2, 0.25) is 10.3 Å². The molecule has 16 rings (SSSR count). The molecule has 0 radical (unpaired) electrons. The van der Waals surface area contributed by atoms with Gasteiger partial charge >= 0.3 is 0 Å². The highest BCUT2D eigenvalue weighted by atomic mass is 35.5. The Morgan fingerprint density at radius 2 is 0.924 bits per heavy atom. The molecule has 684 valence electrons. The van der Waals surface area contributed by atoms with E-state index in [0.29, 0.717) is 100 Å². The first-order valence-electron chi connectivity index (χ1n) is 42.6. The highest BCUT2D eigenvalue weighted by molar-refractivity contribution is 7.18. The molecule has 4 amide bonds. The zero-order valence-electron chi connectivity index (χ0n) is 74.6. The maximum absolute atomic E-state index is 12.9. The number of aryl methyl sites for hydroxylation is 2. The van der Waals surface area contributed by atoms with E-state index < -0.39 is 0 Å². The minimum atomic E-state index is -0.358. The number of aromatic nitrogens is 3. The van der Waals surface area contributed by atoms with Crippen LogP contribution in [-0.4, -0.2) is 184 Å². The van der Waals surface area contributed by atoms with Gasteiger partial charge in [-0.1, -0.05) is 127 Å². The molecule has 4 aliphatic heterocycles. The summed E-state index contributed by atoms with van der Waals surface area (Å²) in [6.07, 6.45) is 11.0. The third-order valence-electron chi connectivity index (χ3n) is 22.1. The van der Waals surface area contributed by atoms with E-state index in [-0.39, 0.29) is 57.3 Å². The normalized spacial score (nSPS) is 14.0. The number of rotatable bonds is 29. The van der Waals surface area contributed by atoms with Crippen LogP contribution in [0.1, 0.15) is 78.6 Å². The first-order valence-corrected chi connectivity index (χ1v) is 45.0. The number of hydrogen-bond donors (Lipinski definition) is 8. The number of furan rings is 1. The molecule has 12 aromatic rings. The van der Waals surface area contributed by atoms with Crippen LogP contribution < -0.4 is 71.3 Å². The Morgan fingerprint density at radius 1 is 0.462 bits per heavy atom. The number of oxazole rings is 1. The summed E-state index contributed by atoms with van der Waals surface area (Å²) in [6.45, 7) is 30.2. The number of amides is 4. The molecule has 0 bridgehead atoms. The second-order valence-corrected chi connectivity index (χ2v) is 34.3. The molecule has 33 heteroatoms. The van der Waals surface area contributed by atoms with Crippen molar-refractivity contribution < 1.29 is 56.5 Å². The number of nitrogens with one attached hydrogen (secondary N) is 8. The van der Waals surface area contributed by atoms with Gasteiger partial charge in [0, 0.05) is 152 Å². The van der Waals surface area contributed by atoms with Crippen molar-refractivity contribution in [2.75, 3.05) is 167 Å². The Hall–Kier alpha value is -13.9. The average molecular weight is 1860 g/mol. The van der Waals surface area contributed by atoms with Crippen LogP contribution in [0.25, 0.3) is 0 Å². The SMILES string of the molecule is C=CC(=O)Nc1cccc(C(=O)c2cnc(Nc3ccc(N4CCN(C)CC4)cc3OC)o2)c1.C=CC(=O)Nc1cccc(C(=O)c2coc(Nc3ccc(N4CCN(C)CC4)cc3OC)c2)c1.C=CC(=O)Nc1cccc(Oc2sc(Nc3cc4c(cc3C)CN(C)CC4)nc2Cl)c1.C=CC(=O)Nc1cccc(Oc2sc(Nc3ccc(C4CCN(C)CC4)cc3C)nc2Cl)c1. The van der Waals surface area contributed by atoms with Crippen molar-refractivity contribution in [2.24, 2.45) is 0 Å². The number of thiazole rings is 2. The van der Waals surface area contributed by atoms with Crippen molar-refractivity contribution in [1.82, 2.24) is 34.6 Å². The van der Waals surface area contributed by atoms with Gasteiger partial charge in [0.15, 0.2) is 38.0 Å². The quantitative estimate of drug-likeness (QED) is 0.0159. The highest BCUT2D eigenvalue weighted by Gasteiger charge is 2.26. The Kier molecular flexibility index (Phi) is 33.0. The molecule has 8 N–H and O–H groups in total. The number of methoxy groups -OCH3 is 2. The van der Waals surface area contributed by atoms with Gasteiger partial charge in [-0.3, -0.25) is 28.8 Å². The number of ether oxygens (including phenoxy) is 4. The molecule has 0 atom stereocenters. The molecule has 0 aliphatic carbocycles. The van der Waals surface area contributed by atoms with E-state index in [1.54, 1.807) is 117 Å². The molecule has 8 aromatic carbocycles. The summed E-state index contributed by atoms with van der Waals surface area (Å²) >= 11 is 15.3. The smallest absolute Gasteiger partial charge is 0.299 e. The van der Waals surface area contributed by atoms with E-state index >= 15 is 0 Å². The van der Waals surface area contributed by atoms with E-state index in [9.17, 15) is 28.8 Å². The minimum Gasteiger partial charge on any atom is -0.494 e. The lowest BCUT2D eigenvalue weighted by molar-refractivity contribution is -0.112. The molecule has 29 nitrogen and oxygen atoms in total. The van der Waals surface area contributed by atoms with E-state index in [1.165, 1.54) is 88.5 Å². The summed E-state index contributed by atoms with van der Waals surface area (Å²) in [6, 6.07) is 52.2. The standard InChI is InChI=1S/C26H28N4O4.C25H27ClN4O2S.C25H27N5O4.C23H23ClN4O2S/c1-4-24(31)27-20-7-5-6-18(14-20)26(32)19-15-25(34-17-19)28-22-9-8-21(16-23(22)33-3)30-12-10-29(2)11-13-30;1-4-22(31)27-19-6-5-7-20(15-19)32-24-23(26)29-25(33-24)28-21-9-8-18(14-16(21)2)17-10-12-30(3)13-11-17;1-4-23(31)27-18-7-5-6-17(14-18)24(32)22-16-26-25(34-22)28-20-9-8-19(15-21(20)33-3)30-12-10-29(2)11-13-30;1-4-20(29)25-17-6-5-7-18(12-17)30-22-21(24)27-23(31-22)26-19-11-15-8-9-28(3)13-16(15)10-14(19)2/h4-9,14-17,28H,1,10-13H2,2-3H3,(H,27,31);4-9,14-15,17H,1,10-13H2,2-3H3,(H,27,31)(H,28,29);4-9,14-16H,1,10-13H2,2-3H3,(H,26,28)(H,27,31);4-7,10-12H,1,8-9,13H2,2-3H3,(H,25,29)(H,26,27). The summed E-state index contributed by atoms with van der Waals surface area (Å²) in [5.41, 5.74) is 15.5. The van der Waals surface area contributed by atoms with Crippen molar-refractivity contribution in [3.63, 3.8) is 0 Å². The molecule has 0 unspecified atom stereocenters. The summed E-state index contributed by atoms with van der Waals surface area (Å²) < 4.78 is 34.3. The number of likely N-dealkylation sites (N-methyl/N-ethyl adjacent to an activating group) is 3. The Balaban J connectivity index is 0.000000150. The van der Waals surface area contributed by atoms with Gasteiger partial charge in [-0.15, -0.1) is 0 Å². The molecule has 3 saturated heterocycles. The fourth-order valence-corrected chi connectivity index (χ4v) is 16.9. The number of hydrogen-bond acceptors (Lipinski definition) is 27. The first kappa shape index (κ1) is 95.7. The van der Waals surface area contributed by atoms with Gasteiger partial charge in [0.05, 0.1) is 37.4 Å². The lowest BCUT2D eigenvalue weighted by atomic mass is 9.88. The maximum Gasteiger partial charge on any atom is 0.299 e. The third kappa shape index (κ3) is 26.2. The van der Waals surface area contributed by atoms with E-state index in [2.05, 4.69) is 186 Å². The van der Waals surface area contributed by atoms with Crippen LogP contribution in [0.3, 0.4) is 0 Å². The van der Waals surface area contributed by atoms with Crippen LogP contribution >= 0.6 is 45.9 Å². The predicted molar refractivity (Wildman–Crippen MR) is 528 cm³/mol. The van der Waals surface area contributed by atoms with Crippen LogP contribution in [0.15, 0.2) is 242 Å². The van der Waals surface area contributed by atoms with Crippen molar-refractivity contribution in [3.8, 4) is 33.1 Å². The van der Waals surface area contributed by atoms with Crippen LogP contribution in [0.4, 0.5) is 79.0 Å². The zero-order chi connectivity index (χ0) is 93.5. The predicted octanol–water partition coefficient (Wildman–Crippen LogP) is 20.0. The fourth-order valence-electron chi connectivity index (χ4n) is 14.8. The average Bonchev–Trinajstić information content (AvgIpc) is 1.23. The molecule has 0 saturated carbocycles. The number of carbonyl (C=O) groups is 6. The maximum atomic E-state index is 12.9. The summed E-state index contributed by atoms with van der Waals surface area (Å²) in [4.78, 5) is 98.9. The summed E-state index contributed by atoms with van der Waals surface area (Å²) in [5, 5.41) is 26.6. The molecular weight excluding hydrogens is 1750 g/mol. The topological polar surface area (TPSA) is 320 Å². The number of halogens is 2. The van der Waals surface area contributed by atoms with E-state index in [0.717, 1.165) is 125 Å². The van der Waals surface area contributed by atoms with Gasteiger partial charge in [0.25, 0.3) is 6.01 Å². The van der Waals surface area contributed by atoms with Gasteiger partial charge in [-0.2, -0.15) is 0 Å². The first-order chi connectivity index (χ1) is 63.7. The number of piperazine rings is 2. The molecule has 4 aromatic heterocycles. The number of likely N-dealkylation sites (tertiary alicyclic amines) is 1.